The molecule has 1 aliphatic heterocycles. The van der Waals surface area contributed by atoms with E-state index in [4.69, 9.17) is 0 Å². The predicted molar refractivity (Wildman–Crippen MR) is 70.7 cm³/mol. The molecule has 1 fully saturated rings. The van der Waals surface area contributed by atoms with E-state index in [1.807, 2.05) is 18.2 Å². The van der Waals surface area contributed by atoms with E-state index >= 15 is 0 Å². The van der Waals surface area contributed by atoms with Crippen molar-refractivity contribution in [2.45, 2.75) is 32.4 Å². The molecule has 1 saturated heterocycles. The van der Waals surface area contributed by atoms with Gasteiger partial charge in [0.2, 0.25) is 0 Å². The topological polar surface area (TPSA) is 32.6 Å². The molecule has 0 saturated carbocycles. The molecule has 1 aromatic rings. The summed E-state index contributed by atoms with van der Waals surface area (Å²) in [5.41, 5.74) is 0.744. The van der Waals surface area contributed by atoms with Crippen molar-refractivity contribution in [3.8, 4) is 5.75 Å². The number of aromatic hydroxyl groups is 1. The highest BCUT2D eigenvalue weighted by Gasteiger charge is 2.52. The van der Waals surface area contributed by atoms with Crippen molar-refractivity contribution in [3.63, 3.8) is 0 Å². The van der Waals surface area contributed by atoms with Crippen LogP contribution in [0.4, 0.5) is 5.69 Å². The molecule has 2 rings (SSSR count). The van der Waals surface area contributed by atoms with Gasteiger partial charge < -0.3 is 5.11 Å². The van der Waals surface area contributed by atoms with Crippen molar-refractivity contribution >= 4 is 22.5 Å². The number of thioether (sulfide) groups is 1. The quantitative estimate of drug-likeness (QED) is 0.798. The van der Waals surface area contributed by atoms with Crippen LogP contribution >= 0.6 is 11.8 Å². The summed E-state index contributed by atoms with van der Waals surface area (Å²) < 4.78 is 0.218. The minimum atomic E-state index is 0.0833. The lowest BCUT2D eigenvalue weighted by atomic mass is 9.79. The van der Waals surface area contributed by atoms with Crippen LogP contribution in [0.3, 0.4) is 0 Å². The highest BCUT2D eigenvalue weighted by Crippen LogP contribution is 2.57. The number of rotatable bonds is 1. The van der Waals surface area contributed by atoms with Gasteiger partial charge in [0, 0.05) is 10.2 Å². The van der Waals surface area contributed by atoms with E-state index in [1.54, 1.807) is 17.8 Å². The van der Waals surface area contributed by atoms with Crippen molar-refractivity contribution in [2.75, 3.05) is 0 Å². The van der Waals surface area contributed by atoms with Crippen LogP contribution in [0, 0.1) is 5.41 Å². The van der Waals surface area contributed by atoms with Crippen molar-refractivity contribution in [2.24, 2.45) is 10.4 Å². The predicted octanol–water partition coefficient (Wildman–Crippen LogP) is 3.97. The molecule has 1 N–H and O–H groups in total. The highest BCUT2D eigenvalue weighted by molar-refractivity contribution is 8.17. The summed E-state index contributed by atoms with van der Waals surface area (Å²) in [6, 6.07) is 7.20. The zero-order valence-electron chi connectivity index (χ0n) is 10.1. The van der Waals surface area contributed by atoms with Gasteiger partial charge in [-0.3, -0.25) is 0 Å². The van der Waals surface area contributed by atoms with Crippen LogP contribution in [0.5, 0.6) is 5.75 Å². The van der Waals surface area contributed by atoms with Gasteiger partial charge in [0.15, 0.2) is 0 Å². The Balaban J connectivity index is 2.33. The summed E-state index contributed by atoms with van der Waals surface area (Å²) in [6.07, 6.45) is 0. The molecule has 0 aliphatic carbocycles. The average Bonchev–Trinajstić information content (AvgIpc) is 2.20. The fourth-order valence-electron chi connectivity index (χ4n) is 1.54. The number of aliphatic imine (C=N–C) groups is 1. The van der Waals surface area contributed by atoms with Crippen molar-refractivity contribution in [1.82, 2.24) is 0 Å². The summed E-state index contributed by atoms with van der Waals surface area (Å²) in [5.74, 6) is 0.246. The first kappa shape index (κ1) is 11.5. The number of para-hydroxylation sites is 2. The standard InChI is InChI=1S/C13H17NOS/c1-12(2)11(16-13(12,3)4)14-9-7-5-6-8-10(9)15/h5-8,15H,1-4H3. The number of phenolic OH excluding ortho intramolecular Hbond substituents is 1. The Morgan fingerprint density at radius 2 is 1.75 bits per heavy atom. The molecular formula is C13H17NOS. The number of phenols is 1. The molecule has 1 heterocycles. The van der Waals surface area contributed by atoms with E-state index in [0.29, 0.717) is 5.69 Å². The molecule has 0 spiro atoms. The number of hydrogen-bond donors (Lipinski definition) is 1. The Morgan fingerprint density at radius 3 is 2.25 bits per heavy atom. The zero-order valence-corrected chi connectivity index (χ0v) is 10.9. The maximum Gasteiger partial charge on any atom is 0.141 e. The normalized spacial score (nSPS) is 24.1. The molecular weight excluding hydrogens is 218 g/mol. The summed E-state index contributed by atoms with van der Waals surface area (Å²) in [7, 11) is 0. The summed E-state index contributed by atoms with van der Waals surface area (Å²) >= 11 is 1.78. The van der Waals surface area contributed by atoms with E-state index in [-0.39, 0.29) is 15.9 Å². The maximum absolute atomic E-state index is 9.66. The van der Waals surface area contributed by atoms with E-state index < -0.39 is 0 Å². The van der Waals surface area contributed by atoms with Gasteiger partial charge in [-0.15, -0.1) is 11.8 Å². The molecule has 0 bridgehead atoms. The number of hydrogen-bond acceptors (Lipinski definition) is 3. The first-order valence-electron chi connectivity index (χ1n) is 5.41. The SMILES string of the molecule is CC1(C)SC(=Nc2ccccc2O)C1(C)C. The van der Waals surface area contributed by atoms with Gasteiger partial charge in [-0.25, -0.2) is 4.99 Å². The molecule has 0 unspecified atom stereocenters. The second-order valence-corrected chi connectivity index (χ2v) is 6.75. The van der Waals surface area contributed by atoms with Gasteiger partial charge in [-0.2, -0.15) is 0 Å². The molecule has 86 valence electrons. The molecule has 2 nitrogen and oxygen atoms in total. The van der Waals surface area contributed by atoms with E-state index in [1.165, 1.54) is 0 Å². The Kier molecular flexibility index (Phi) is 2.54. The number of benzene rings is 1. The molecule has 0 radical (unpaired) electrons. The fraction of sp³-hybridized carbons (Fsp3) is 0.462. The third kappa shape index (κ3) is 1.63. The van der Waals surface area contributed by atoms with E-state index in [9.17, 15) is 5.11 Å². The molecule has 3 heteroatoms. The van der Waals surface area contributed by atoms with Crippen molar-refractivity contribution in [3.05, 3.63) is 24.3 Å². The average molecular weight is 235 g/mol. The lowest BCUT2D eigenvalue weighted by Gasteiger charge is -2.52. The third-order valence-electron chi connectivity index (χ3n) is 3.50. The third-order valence-corrected chi connectivity index (χ3v) is 5.31. The Morgan fingerprint density at radius 1 is 1.12 bits per heavy atom. The monoisotopic (exact) mass is 235 g/mol. The summed E-state index contributed by atoms with van der Waals surface area (Å²) in [6.45, 7) is 8.84. The second-order valence-electron chi connectivity index (χ2n) is 5.14. The fourth-order valence-corrected chi connectivity index (χ4v) is 2.88. The second kappa shape index (κ2) is 3.52. The Bertz CT molecular complexity index is 449. The molecule has 1 aromatic carbocycles. The maximum atomic E-state index is 9.66. The van der Waals surface area contributed by atoms with Gasteiger partial charge in [-0.1, -0.05) is 26.0 Å². The molecule has 16 heavy (non-hydrogen) atoms. The summed E-state index contributed by atoms with van der Waals surface area (Å²) in [4.78, 5) is 4.54. The van der Waals surface area contributed by atoms with Crippen LogP contribution in [0.25, 0.3) is 0 Å². The van der Waals surface area contributed by atoms with Gasteiger partial charge >= 0.3 is 0 Å². The smallest absolute Gasteiger partial charge is 0.141 e. The Labute approximate surface area is 101 Å². The zero-order chi connectivity index (χ0) is 12.0. The lowest BCUT2D eigenvalue weighted by molar-refractivity contribution is 0.393. The first-order chi connectivity index (χ1) is 7.34. The molecule has 1 aliphatic rings. The van der Waals surface area contributed by atoms with Crippen LogP contribution in [-0.2, 0) is 0 Å². The van der Waals surface area contributed by atoms with Crippen LogP contribution in [0.15, 0.2) is 29.3 Å². The lowest BCUT2D eigenvalue weighted by Crippen LogP contribution is -2.52. The van der Waals surface area contributed by atoms with Gasteiger partial charge in [0.1, 0.15) is 11.4 Å². The van der Waals surface area contributed by atoms with Gasteiger partial charge in [-0.05, 0) is 26.0 Å². The van der Waals surface area contributed by atoms with Crippen molar-refractivity contribution in [1.29, 1.82) is 0 Å². The highest BCUT2D eigenvalue weighted by atomic mass is 32.2. The minimum absolute atomic E-state index is 0.0833. The van der Waals surface area contributed by atoms with Crippen LogP contribution in [0.2, 0.25) is 0 Å². The molecule has 0 aromatic heterocycles. The van der Waals surface area contributed by atoms with Gasteiger partial charge in [0.05, 0.1) is 5.04 Å². The Hall–Kier alpha value is -0.960. The van der Waals surface area contributed by atoms with E-state index in [0.717, 1.165) is 5.04 Å². The van der Waals surface area contributed by atoms with Gasteiger partial charge in [0.25, 0.3) is 0 Å². The largest absolute Gasteiger partial charge is 0.506 e. The van der Waals surface area contributed by atoms with Crippen LogP contribution in [0.1, 0.15) is 27.7 Å². The summed E-state index contributed by atoms with van der Waals surface area (Å²) in [5, 5.41) is 10.8. The molecule has 0 amide bonds. The minimum Gasteiger partial charge on any atom is -0.506 e. The van der Waals surface area contributed by atoms with Crippen LogP contribution < -0.4 is 0 Å². The van der Waals surface area contributed by atoms with Crippen molar-refractivity contribution < 1.29 is 5.11 Å². The number of nitrogens with zero attached hydrogens (tertiary/aromatic N) is 1. The first-order valence-corrected chi connectivity index (χ1v) is 6.22. The molecule has 0 atom stereocenters. The van der Waals surface area contributed by atoms with E-state index in [2.05, 4.69) is 32.7 Å². The van der Waals surface area contributed by atoms with Crippen LogP contribution in [-0.4, -0.2) is 14.9 Å².